The maximum Gasteiger partial charge on any atom is 0.163 e. The lowest BCUT2D eigenvalue weighted by molar-refractivity contribution is 0.0969. The number of Topliss-reactive ketones (excluding diaryl/α,β-unsaturated/α-hetero) is 1. The van der Waals surface area contributed by atoms with E-state index in [0.29, 0.717) is 6.42 Å². The summed E-state index contributed by atoms with van der Waals surface area (Å²) in [6, 6.07) is 50.5. The van der Waals surface area contributed by atoms with Gasteiger partial charge in [0, 0.05) is 29.0 Å². The third-order valence-corrected chi connectivity index (χ3v) is 6.61. The van der Waals surface area contributed by atoms with Gasteiger partial charge in [-0.3, -0.25) is 9.79 Å². The number of carbonyl (C=O) groups excluding carboxylic acids is 1. The van der Waals surface area contributed by atoms with Gasteiger partial charge < -0.3 is 0 Å². The first-order chi connectivity index (χ1) is 18.3. The van der Waals surface area contributed by atoms with Crippen LogP contribution in [-0.4, -0.2) is 11.5 Å². The first-order valence-electron chi connectivity index (χ1n) is 12.7. The SMILES string of the molecule is O=C(CC(c1ccccc1)C(N=C(c1ccccc1)c1ccccc1)c1ccccc1)c1ccccc1. The molecule has 0 amide bonds. The molecule has 2 nitrogen and oxygen atoms in total. The number of carbonyl (C=O) groups is 1. The number of ketones is 1. The average molecular weight is 480 g/mol. The summed E-state index contributed by atoms with van der Waals surface area (Å²) in [7, 11) is 0. The van der Waals surface area contributed by atoms with Crippen LogP contribution in [0, 0.1) is 0 Å². The Hall–Kier alpha value is -4.56. The van der Waals surface area contributed by atoms with Gasteiger partial charge in [0.1, 0.15) is 0 Å². The minimum absolute atomic E-state index is 0.117. The van der Waals surface area contributed by atoms with Gasteiger partial charge in [0.05, 0.1) is 11.8 Å². The molecule has 0 spiro atoms. The normalized spacial score (nSPS) is 12.3. The molecule has 0 fully saturated rings. The minimum Gasteiger partial charge on any atom is -0.294 e. The van der Waals surface area contributed by atoms with Crippen molar-refractivity contribution in [2.75, 3.05) is 0 Å². The fourth-order valence-corrected chi connectivity index (χ4v) is 4.75. The van der Waals surface area contributed by atoms with Crippen molar-refractivity contribution in [2.24, 2.45) is 4.99 Å². The van der Waals surface area contributed by atoms with Crippen LogP contribution in [0.4, 0.5) is 0 Å². The molecule has 180 valence electrons. The van der Waals surface area contributed by atoms with Crippen LogP contribution in [-0.2, 0) is 0 Å². The van der Waals surface area contributed by atoms with E-state index in [9.17, 15) is 4.79 Å². The summed E-state index contributed by atoms with van der Waals surface area (Å²) in [6.07, 6.45) is 0.355. The highest BCUT2D eigenvalue weighted by Crippen LogP contribution is 2.38. The molecule has 0 bridgehead atoms. The van der Waals surface area contributed by atoms with Gasteiger partial charge in [-0.1, -0.05) is 152 Å². The average Bonchev–Trinajstić information content (AvgIpc) is 2.99. The first-order valence-corrected chi connectivity index (χ1v) is 12.7. The van der Waals surface area contributed by atoms with E-state index in [0.717, 1.165) is 33.5 Å². The molecule has 5 aromatic rings. The molecule has 0 N–H and O–H groups in total. The molecule has 2 unspecified atom stereocenters. The van der Waals surface area contributed by atoms with E-state index in [2.05, 4.69) is 48.5 Å². The number of rotatable bonds is 9. The predicted octanol–water partition coefficient (Wildman–Crippen LogP) is 8.32. The van der Waals surface area contributed by atoms with Gasteiger partial charge in [-0.15, -0.1) is 0 Å². The van der Waals surface area contributed by atoms with E-state index < -0.39 is 0 Å². The van der Waals surface area contributed by atoms with Crippen molar-refractivity contribution < 1.29 is 4.79 Å². The Morgan fingerprint density at radius 3 is 1.32 bits per heavy atom. The van der Waals surface area contributed by atoms with Crippen molar-refractivity contribution in [3.63, 3.8) is 0 Å². The molecule has 0 aromatic heterocycles. The molecule has 0 saturated heterocycles. The monoisotopic (exact) mass is 479 g/mol. The summed E-state index contributed by atoms with van der Waals surface area (Å²) in [5.41, 5.74) is 5.94. The number of hydrogen-bond acceptors (Lipinski definition) is 2. The van der Waals surface area contributed by atoms with Gasteiger partial charge in [0.2, 0.25) is 0 Å². The summed E-state index contributed by atoms with van der Waals surface area (Å²) in [6.45, 7) is 0. The zero-order valence-corrected chi connectivity index (χ0v) is 20.7. The molecule has 0 radical (unpaired) electrons. The van der Waals surface area contributed by atoms with Crippen LogP contribution in [0.25, 0.3) is 0 Å². The second-order valence-electron chi connectivity index (χ2n) is 9.08. The molecule has 5 rings (SSSR count). The minimum atomic E-state index is -0.258. The molecule has 0 heterocycles. The predicted molar refractivity (Wildman–Crippen MR) is 152 cm³/mol. The second kappa shape index (κ2) is 11.9. The Morgan fingerprint density at radius 2 is 0.865 bits per heavy atom. The summed E-state index contributed by atoms with van der Waals surface area (Å²) >= 11 is 0. The van der Waals surface area contributed by atoms with E-state index in [-0.39, 0.29) is 17.7 Å². The van der Waals surface area contributed by atoms with Crippen molar-refractivity contribution in [1.29, 1.82) is 0 Å². The quantitative estimate of drug-likeness (QED) is 0.154. The zero-order chi connectivity index (χ0) is 25.3. The van der Waals surface area contributed by atoms with E-state index in [1.54, 1.807) is 0 Å². The van der Waals surface area contributed by atoms with Crippen LogP contribution in [0.3, 0.4) is 0 Å². The Labute approximate surface area is 219 Å². The highest BCUT2D eigenvalue weighted by Gasteiger charge is 2.28. The highest BCUT2D eigenvalue weighted by molar-refractivity contribution is 6.13. The molecule has 0 aliphatic rings. The van der Waals surface area contributed by atoms with Crippen LogP contribution in [0.15, 0.2) is 157 Å². The molecule has 0 aliphatic carbocycles. The summed E-state index contributed by atoms with van der Waals surface area (Å²) in [5.74, 6) is -0.0229. The van der Waals surface area contributed by atoms with Crippen molar-refractivity contribution in [2.45, 2.75) is 18.4 Å². The smallest absolute Gasteiger partial charge is 0.163 e. The topological polar surface area (TPSA) is 29.4 Å². The molecular weight excluding hydrogens is 450 g/mol. The molecule has 5 aromatic carbocycles. The zero-order valence-electron chi connectivity index (χ0n) is 20.7. The van der Waals surface area contributed by atoms with Gasteiger partial charge in [0.15, 0.2) is 5.78 Å². The third-order valence-electron chi connectivity index (χ3n) is 6.61. The lowest BCUT2D eigenvalue weighted by Crippen LogP contribution is -2.17. The number of hydrogen-bond donors (Lipinski definition) is 0. The number of benzene rings is 5. The van der Waals surface area contributed by atoms with Gasteiger partial charge in [0.25, 0.3) is 0 Å². The fraction of sp³-hybridized carbons (Fsp3) is 0.0857. The van der Waals surface area contributed by atoms with Crippen LogP contribution in [0.5, 0.6) is 0 Å². The molecule has 0 saturated carbocycles. The molecule has 0 aliphatic heterocycles. The van der Waals surface area contributed by atoms with Gasteiger partial charge in [-0.25, -0.2) is 0 Å². The number of aliphatic imine (C=N–C) groups is 1. The molecule has 2 atom stereocenters. The fourth-order valence-electron chi connectivity index (χ4n) is 4.75. The standard InChI is InChI=1S/C35H29NO/c37-33(28-18-8-2-9-19-28)26-32(27-16-6-1-7-17-27)35(31-24-14-5-15-25-31)36-34(29-20-10-3-11-21-29)30-22-12-4-13-23-30/h1-25,32,35H,26H2. The van der Waals surface area contributed by atoms with Crippen LogP contribution >= 0.6 is 0 Å². The molecule has 2 heteroatoms. The highest BCUT2D eigenvalue weighted by atomic mass is 16.1. The maximum absolute atomic E-state index is 13.5. The summed E-state index contributed by atoms with van der Waals surface area (Å²) in [4.78, 5) is 19.0. The lowest BCUT2D eigenvalue weighted by Gasteiger charge is -2.26. The van der Waals surface area contributed by atoms with Gasteiger partial charge >= 0.3 is 0 Å². The second-order valence-corrected chi connectivity index (χ2v) is 9.08. The Bertz CT molecular complexity index is 1390. The van der Waals surface area contributed by atoms with E-state index in [4.69, 9.17) is 4.99 Å². The van der Waals surface area contributed by atoms with E-state index in [1.807, 2.05) is 103 Å². The molecular formula is C35H29NO. The maximum atomic E-state index is 13.5. The van der Waals surface area contributed by atoms with Crippen molar-refractivity contribution in [3.8, 4) is 0 Å². The number of nitrogens with zero attached hydrogens (tertiary/aromatic N) is 1. The lowest BCUT2D eigenvalue weighted by atomic mass is 9.82. The van der Waals surface area contributed by atoms with Gasteiger partial charge in [-0.2, -0.15) is 0 Å². The van der Waals surface area contributed by atoms with Crippen LogP contribution < -0.4 is 0 Å². The van der Waals surface area contributed by atoms with E-state index in [1.165, 1.54) is 0 Å². The van der Waals surface area contributed by atoms with Crippen LogP contribution in [0.1, 0.15) is 51.0 Å². The Balaban J connectivity index is 1.68. The third kappa shape index (κ3) is 5.99. The van der Waals surface area contributed by atoms with Crippen LogP contribution in [0.2, 0.25) is 0 Å². The van der Waals surface area contributed by atoms with E-state index >= 15 is 0 Å². The van der Waals surface area contributed by atoms with Crippen molar-refractivity contribution >= 4 is 11.5 Å². The van der Waals surface area contributed by atoms with Crippen molar-refractivity contribution in [1.82, 2.24) is 0 Å². The molecule has 37 heavy (non-hydrogen) atoms. The Morgan fingerprint density at radius 1 is 0.486 bits per heavy atom. The first kappa shape index (κ1) is 24.1. The summed E-state index contributed by atoms with van der Waals surface area (Å²) in [5, 5.41) is 0. The van der Waals surface area contributed by atoms with Gasteiger partial charge in [-0.05, 0) is 11.1 Å². The summed E-state index contributed by atoms with van der Waals surface area (Å²) < 4.78 is 0. The largest absolute Gasteiger partial charge is 0.294 e. The Kier molecular flexibility index (Phi) is 7.78. The van der Waals surface area contributed by atoms with Crippen molar-refractivity contribution in [3.05, 3.63) is 179 Å².